The molecule has 0 heterocycles. The Kier molecular flexibility index (Phi) is 7.89. The highest BCUT2D eigenvalue weighted by Gasteiger charge is 2.37. The molecule has 0 atom stereocenters. The van der Waals surface area contributed by atoms with Gasteiger partial charge in [-0.15, -0.1) is 0 Å². The van der Waals surface area contributed by atoms with E-state index in [9.17, 15) is 5.26 Å². The molecule has 166 valence electrons. The van der Waals surface area contributed by atoms with Gasteiger partial charge >= 0.3 is 0 Å². The van der Waals surface area contributed by atoms with Crippen molar-refractivity contribution < 1.29 is 0 Å². The molecule has 0 radical (unpaired) electrons. The standard InChI is InChI=1S/C28H39N3/c1-18(2)17-31-11-7-8-20(5)27(19(3)4)28-25(22-9-10-22)14-24(15-26(28)30-6)23-12-21(13-23)16-29/h14-15,18,21-23,31H,3,5,7-13,17H2,1-2,4,6H3/b28-27+,30-26?. The van der Waals surface area contributed by atoms with Crippen LogP contribution in [0.4, 0.5) is 0 Å². The second-order valence-corrected chi connectivity index (χ2v) is 9.96. The predicted octanol–water partition coefficient (Wildman–Crippen LogP) is 6.34. The van der Waals surface area contributed by atoms with E-state index in [1.165, 1.54) is 40.7 Å². The highest BCUT2D eigenvalue weighted by atomic mass is 14.8. The first-order chi connectivity index (χ1) is 14.8. The average Bonchev–Trinajstić information content (AvgIpc) is 3.52. The van der Waals surface area contributed by atoms with Gasteiger partial charge in [0.2, 0.25) is 0 Å². The minimum atomic E-state index is 0.220. The van der Waals surface area contributed by atoms with E-state index in [2.05, 4.69) is 57.5 Å². The van der Waals surface area contributed by atoms with Crippen molar-refractivity contribution in [3.05, 3.63) is 58.7 Å². The van der Waals surface area contributed by atoms with Crippen molar-refractivity contribution in [1.82, 2.24) is 5.32 Å². The molecule has 0 aliphatic heterocycles. The number of nitrogens with zero attached hydrogens (tertiary/aromatic N) is 2. The van der Waals surface area contributed by atoms with Gasteiger partial charge in [-0.1, -0.05) is 38.7 Å². The third-order valence-corrected chi connectivity index (χ3v) is 6.64. The molecule has 2 fully saturated rings. The Labute approximate surface area is 189 Å². The first-order valence-electron chi connectivity index (χ1n) is 11.9. The number of aliphatic imine (C=N–C) groups is 1. The third kappa shape index (κ3) is 5.74. The maximum absolute atomic E-state index is 9.18. The second-order valence-electron chi connectivity index (χ2n) is 9.96. The van der Waals surface area contributed by atoms with Crippen LogP contribution in [-0.2, 0) is 0 Å². The molecule has 3 nitrogen and oxygen atoms in total. The lowest BCUT2D eigenvalue weighted by molar-refractivity contribution is 0.292. The van der Waals surface area contributed by atoms with E-state index in [1.54, 1.807) is 0 Å². The molecule has 3 aliphatic carbocycles. The first kappa shape index (κ1) is 23.5. The highest BCUT2D eigenvalue weighted by molar-refractivity contribution is 6.15. The van der Waals surface area contributed by atoms with E-state index in [0.29, 0.717) is 17.8 Å². The summed E-state index contributed by atoms with van der Waals surface area (Å²) in [5, 5.41) is 12.7. The molecule has 0 unspecified atom stereocenters. The van der Waals surface area contributed by atoms with Gasteiger partial charge in [-0.3, -0.25) is 4.99 Å². The SMILES string of the molecule is C=C(C)/C(C(=C)CCCNCC(C)C)=C1/C(C2CC2)=CC(C2CC(C#N)C2)=CC1=NC. The van der Waals surface area contributed by atoms with Gasteiger partial charge in [-0.05, 0) is 105 Å². The molecular weight excluding hydrogens is 378 g/mol. The molecule has 0 aromatic carbocycles. The van der Waals surface area contributed by atoms with Crippen LogP contribution in [0.1, 0.15) is 59.3 Å². The third-order valence-electron chi connectivity index (χ3n) is 6.64. The molecule has 3 rings (SSSR count). The number of rotatable bonds is 10. The van der Waals surface area contributed by atoms with Gasteiger partial charge in [0.15, 0.2) is 0 Å². The minimum absolute atomic E-state index is 0.220. The van der Waals surface area contributed by atoms with Gasteiger partial charge in [0.25, 0.3) is 0 Å². The zero-order valence-electron chi connectivity index (χ0n) is 19.9. The Balaban J connectivity index is 1.84. The first-order valence-corrected chi connectivity index (χ1v) is 11.9. The zero-order valence-corrected chi connectivity index (χ0v) is 19.9. The van der Waals surface area contributed by atoms with Crippen LogP contribution >= 0.6 is 0 Å². The van der Waals surface area contributed by atoms with Gasteiger partial charge in [0, 0.05) is 18.5 Å². The summed E-state index contributed by atoms with van der Waals surface area (Å²) < 4.78 is 0. The largest absolute Gasteiger partial charge is 0.316 e. The van der Waals surface area contributed by atoms with Gasteiger partial charge < -0.3 is 5.32 Å². The average molecular weight is 418 g/mol. The van der Waals surface area contributed by atoms with Gasteiger partial charge in [-0.2, -0.15) is 5.26 Å². The maximum atomic E-state index is 9.18. The number of hydrogen-bond donors (Lipinski definition) is 1. The topological polar surface area (TPSA) is 48.2 Å². The Bertz CT molecular complexity index is 878. The summed E-state index contributed by atoms with van der Waals surface area (Å²) in [5.41, 5.74) is 8.58. The molecule has 0 bridgehead atoms. The summed E-state index contributed by atoms with van der Waals surface area (Å²) in [5.74, 6) is 2.02. The van der Waals surface area contributed by atoms with E-state index in [1.807, 2.05) is 7.05 Å². The summed E-state index contributed by atoms with van der Waals surface area (Å²) in [6, 6.07) is 2.42. The molecular formula is C28H39N3. The number of allylic oxidation sites excluding steroid dienone is 8. The summed E-state index contributed by atoms with van der Waals surface area (Å²) in [7, 11) is 1.90. The quantitative estimate of drug-likeness (QED) is 0.422. The molecule has 31 heavy (non-hydrogen) atoms. The highest BCUT2D eigenvalue weighted by Crippen LogP contribution is 2.48. The van der Waals surface area contributed by atoms with Crippen LogP contribution < -0.4 is 5.32 Å². The van der Waals surface area contributed by atoms with Crippen LogP contribution in [0.25, 0.3) is 0 Å². The van der Waals surface area contributed by atoms with Crippen molar-refractivity contribution in [3.8, 4) is 6.07 Å². The van der Waals surface area contributed by atoms with Gasteiger partial charge in [0.1, 0.15) is 0 Å². The molecule has 0 amide bonds. The molecule has 1 N–H and O–H groups in total. The molecule has 0 aromatic heterocycles. The van der Waals surface area contributed by atoms with E-state index in [4.69, 9.17) is 4.99 Å². The summed E-state index contributed by atoms with van der Waals surface area (Å²) in [6.45, 7) is 17.5. The van der Waals surface area contributed by atoms with E-state index < -0.39 is 0 Å². The molecule has 3 heteroatoms. The maximum Gasteiger partial charge on any atom is 0.0656 e. The lowest BCUT2D eigenvalue weighted by atomic mass is 9.69. The van der Waals surface area contributed by atoms with E-state index >= 15 is 0 Å². The number of hydrogen-bond acceptors (Lipinski definition) is 3. The van der Waals surface area contributed by atoms with Crippen LogP contribution in [-0.4, -0.2) is 25.8 Å². The van der Waals surface area contributed by atoms with Crippen LogP contribution in [0.15, 0.2) is 63.7 Å². The van der Waals surface area contributed by atoms with Crippen molar-refractivity contribution in [2.75, 3.05) is 20.1 Å². The van der Waals surface area contributed by atoms with Gasteiger partial charge in [0.05, 0.1) is 11.8 Å². The zero-order chi connectivity index (χ0) is 22.5. The van der Waals surface area contributed by atoms with Crippen LogP contribution in [0.2, 0.25) is 0 Å². The van der Waals surface area contributed by atoms with Crippen LogP contribution in [0, 0.1) is 35.0 Å². The molecule has 2 saturated carbocycles. The van der Waals surface area contributed by atoms with E-state index in [0.717, 1.165) is 50.1 Å². The Morgan fingerprint density at radius 3 is 2.48 bits per heavy atom. The Morgan fingerprint density at radius 1 is 1.23 bits per heavy atom. The minimum Gasteiger partial charge on any atom is -0.316 e. The number of nitrogens with one attached hydrogen (secondary N) is 1. The fourth-order valence-corrected chi connectivity index (χ4v) is 4.70. The normalized spacial score (nSPS) is 26.1. The summed E-state index contributed by atoms with van der Waals surface area (Å²) in [6.07, 6.45) is 11.2. The summed E-state index contributed by atoms with van der Waals surface area (Å²) >= 11 is 0. The Morgan fingerprint density at radius 2 is 1.94 bits per heavy atom. The van der Waals surface area contributed by atoms with Crippen molar-refractivity contribution in [3.63, 3.8) is 0 Å². The van der Waals surface area contributed by atoms with Crippen LogP contribution in [0.5, 0.6) is 0 Å². The number of nitriles is 1. The van der Waals surface area contributed by atoms with Gasteiger partial charge in [-0.25, -0.2) is 0 Å². The van der Waals surface area contributed by atoms with Crippen molar-refractivity contribution >= 4 is 5.71 Å². The predicted molar refractivity (Wildman–Crippen MR) is 132 cm³/mol. The lowest BCUT2D eigenvalue weighted by Gasteiger charge is -2.34. The molecule has 0 aromatic rings. The molecule has 0 saturated heterocycles. The fourth-order valence-electron chi connectivity index (χ4n) is 4.70. The van der Waals surface area contributed by atoms with E-state index in [-0.39, 0.29) is 5.92 Å². The van der Waals surface area contributed by atoms with Crippen molar-refractivity contribution in [2.45, 2.75) is 59.3 Å². The van der Waals surface area contributed by atoms with Crippen molar-refractivity contribution in [1.29, 1.82) is 5.26 Å². The molecule has 3 aliphatic rings. The second kappa shape index (κ2) is 10.4. The van der Waals surface area contributed by atoms with Crippen LogP contribution in [0.3, 0.4) is 0 Å². The summed E-state index contributed by atoms with van der Waals surface area (Å²) in [4.78, 5) is 4.72. The van der Waals surface area contributed by atoms with Crippen molar-refractivity contribution in [2.24, 2.45) is 28.7 Å². The lowest BCUT2D eigenvalue weighted by Crippen LogP contribution is -2.26. The fraction of sp³-hybridized carbons (Fsp3) is 0.571. The Hall–Kier alpha value is -2.18. The smallest absolute Gasteiger partial charge is 0.0656 e. The molecule has 0 spiro atoms. The monoisotopic (exact) mass is 417 g/mol.